The monoisotopic (exact) mass is 243 g/mol. The van der Waals surface area contributed by atoms with Crippen molar-refractivity contribution in [1.82, 2.24) is 4.90 Å². The topological polar surface area (TPSA) is 29.5 Å². The summed E-state index contributed by atoms with van der Waals surface area (Å²) in [4.78, 5) is 14.3. The highest BCUT2D eigenvalue weighted by atomic mass is 16.5. The lowest BCUT2D eigenvalue weighted by Crippen LogP contribution is -2.32. The van der Waals surface area contributed by atoms with Crippen molar-refractivity contribution >= 4 is 5.91 Å². The van der Waals surface area contributed by atoms with Crippen LogP contribution in [-0.4, -0.2) is 23.6 Å². The fourth-order valence-corrected chi connectivity index (χ4v) is 2.93. The highest BCUT2D eigenvalue weighted by molar-refractivity contribution is 5.82. The van der Waals surface area contributed by atoms with Crippen molar-refractivity contribution in [1.29, 1.82) is 0 Å². The zero-order valence-corrected chi connectivity index (χ0v) is 10.3. The first kappa shape index (κ1) is 11.5. The number of allylic oxidation sites excluding steroid dienone is 1. The molecule has 2 aliphatic rings. The Kier molecular flexibility index (Phi) is 2.92. The number of hydrogen-bond donors (Lipinski definition) is 0. The predicted molar refractivity (Wildman–Crippen MR) is 68.7 cm³/mol. The minimum atomic E-state index is -0.0346. The zero-order valence-electron chi connectivity index (χ0n) is 10.3. The van der Waals surface area contributed by atoms with Crippen molar-refractivity contribution in [2.45, 2.75) is 25.1 Å². The molecule has 3 nitrogen and oxygen atoms in total. The molecule has 2 fully saturated rings. The minimum Gasteiger partial charge on any atom is -0.356 e. The van der Waals surface area contributed by atoms with E-state index in [1.807, 2.05) is 29.2 Å². The summed E-state index contributed by atoms with van der Waals surface area (Å²) >= 11 is 0. The lowest BCUT2D eigenvalue weighted by Gasteiger charge is -2.22. The SMILES string of the molecule is C=CC[C@H]1C[C@H]2OC[C@H](c3ccccc3)N2C1=O. The van der Waals surface area contributed by atoms with Crippen LogP contribution in [0.2, 0.25) is 0 Å². The molecule has 0 saturated carbocycles. The average molecular weight is 243 g/mol. The van der Waals surface area contributed by atoms with E-state index < -0.39 is 0 Å². The van der Waals surface area contributed by atoms with Crippen LogP contribution in [0.5, 0.6) is 0 Å². The van der Waals surface area contributed by atoms with Gasteiger partial charge in [0.25, 0.3) is 0 Å². The third kappa shape index (κ3) is 1.75. The number of ether oxygens (including phenoxy) is 1. The third-order valence-corrected chi connectivity index (χ3v) is 3.82. The van der Waals surface area contributed by atoms with Gasteiger partial charge in [0, 0.05) is 12.3 Å². The molecule has 3 heteroatoms. The second-order valence-corrected chi connectivity index (χ2v) is 4.92. The molecule has 3 rings (SSSR count). The number of nitrogens with zero attached hydrogens (tertiary/aromatic N) is 1. The van der Waals surface area contributed by atoms with Gasteiger partial charge in [-0.05, 0) is 12.0 Å². The van der Waals surface area contributed by atoms with Crippen LogP contribution in [-0.2, 0) is 9.53 Å². The van der Waals surface area contributed by atoms with Crippen molar-refractivity contribution in [2.75, 3.05) is 6.61 Å². The van der Waals surface area contributed by atoms with Crippen molar-refractivity contribution < 1.29 is 9.53 Å². The molecule has 18 heavy (non-hydrogen) atoms. The van der Waals surface area contributed by atoms with E-state index in [0.29, 0.717) is 6.61 Å². The molecule has 2 heterocycles. The Labute approximate surface area is 107 Å². The van der Waals surface area contributed by atoms with Crippen molar-refractivity contribution in [3.63, 3.8) is 0 Å². The van der Waals surface area contributed by atoms with E-state index in [2.05, 4.69) is 18.7 Å². The molecule has 0 bridgehead atoms. The zero-order chi connectivity index (χ0) is 12.5. The summed E-state index contributed by atoms with van der Waals surface area (Å²) < 4.78 is 5.76. The quantitative estimate of drug-likeness (QED) is 0.763. The maximum Gasteiger partial charge on any atom is 0.228 e. The van der Waals surface area contributed by atoms with E-state index in [0.717, 1.165) is 18.4 Å². The standard InChI is InChI=1S/C15H17NO2/c1-2-6-12-9-14-16(15(12)17)13(10-18-14)11-7-4-3-5-8-11/h2-5,7-8,12-14H,1,6,9-10H2/t12-,13+,14+/m0/s1. The fraction of sp³-hybridized carbons (Fsp3) is 0.400. The third-order valence-electron chi connectivity index (χ3n) is 3.82. The fourth-order valence-electron chi connectivity index (χ4n) is 2.93. The number of fused-ring (bicyclic) bond motifs is 1. The molecule has 1 amide bonds. The molecule has 0 radical (unpaired) electrons. The minimum absolute atomic E-state index is 0.0346. The molecule has 2 saturated heterocycles. The van der Waals surface area contributed by atoms with Gasteiger partial charge in [0.15, 0.2) is 0 Å². The van der Waals surface area contributed by atoms with Crippen LogP contribution in [0.4, 0.5) is 0 Å². The van der Waals surface area contributed by atoms with E-state index in [-0.39, 0.29) is 24.1 Å². The Morgan fingerprint density at radius 1 is 1.39 bits per heavy atom. The highest BCUT2D eigenvalue weighted by Gasteiger charge is 2.47. The molecule has 3 atom stereocenters. The van der Waals surface area contributed by atoms with Crippen molar-refractivity contribution in [3.05, 3.63) is 48.6 Å². The van der Waals surface area contributed by atoms with Gasteiger partial charge in [-0.1, -0.05) is 36.4 Å². The molecule has 0 spiro atoms. The van der Waals surface area contributed by atoms with Crippen LogP contribution in [0.1, 0.15) is 24.4 Å². The number of amides is 1. The van der Waals surface area contributed by atoms with Crippen molar-refractivity contribution in [3.8, 4) is 0 Å². The first-order valence-electron chi connectivity index (χ1n) is 6.41. The summed E-state index contributed by atoms with van der Waals surface area (Å²) in [5.41, 5.74) is 1.16. The van der Waals surface area contributed by atoms with Gasteiger partial charge < -0.3 is 9.64 Å². The summed E-state index contributed by atoms with van der Waals surface area (Å²) in [6, 6.07) is 10.2. The van der Waals surface area contributed by atoms with Gasteiger partial charge in [0.1, 0.15) is 6.23 Å². The molecular formula is C15H17NO2. The normalized spacial score (nSPS) is 30.6. The second kappa shape index (κ2) is 4.58. The lowest BCUT2D eigenvalue weighted by molar-refractivity contribution is -0.133. The molecule has 0 N–H and O–H groups in total. The molecule has 1 aromatic carbocycles. The van der Waals surface area contributed by atoms with Gasteiger partial charge >= 0.3 is 0 Å². The van der Waals surface area contributed by atoms with E-state index in [4.69, 9.17) is 4.74 Å². The number of carbonyl (C=O) groups is 1. The summed E-state index contributed by atoms with van der Waals surface area (Å²) in [7, 11) is 0. The Morgan fingerprint density at radius 3 is 2.89 bits per heavy atom. The average Bonchev–Trinajstić information content (AvgIpc) is 2.93. The maximum absolute atomic E-state index is 12.4. The Balaban J connectivity index is 1.84. The first-order valence-corrected chi connectivity index (χ1v) is 6.41. The van der Waals surface area contributed by atoms with E-state index in [1.165, 1.54) is 0 Å². The summed E-state index contributed by atoms with van der Waals surface area (Å²) in [6.07, 6.45) is 3.33. The van der Waals surface area contributed by atoms with Gasteiger partial charge in [-0.3, -0.25) is 4.79 Å². The molecule has 1 aromatic rings. The molecule has 0 aromatic heterocycles. The van der Waals surface area contributed by atoms with Crippen LogP contribution in [0, 0.1) is 5.92 Å². The molecular weight excluding hydrogens is 226 g/mol. The van der Waals surface area contributed by atoms with E-state index in [1.54, 1.807) is 0 Å². The summed E-state index contributed by atoms with van der Waals surface area (Å²) in [6.45, 7) is 4.33. The number of rotatable bonds is 3. The van der Waals surface area contributed by atoms with Crippen LogP contribution in [0.25, 0.3) is 0 Å². The number of carbonyl (C=O) groups excluding carboxylic acids is 1. The van der Waals surface area contributed by atoms with Crippen LogP contribution in [0.3, 0.4) is 0 Å². The van der Waals surface area contributed by atoms with Crippen LogP contribution in [0.15, 0.2) is 43.0 Å². The van der Waals surface area contributed by atoms with E-state index >= 15 is 0 Å². The predicted octanol–water partition coefficient (Wildman–Crippen LogP) is 2.51. The van der Waals surface area contributed by atoms with Gasteiger partial charge in [0.05, 0.1) is 12.6 Å². The van der Waals surface area contributed by atoms with Crippen molar-refractivity contribution in [2.24, 2.45) is 5.92 Å². The smallest absolute Gasteiger partial charge is 0.228 e. The Hall–Kier alpha value is -1.61. The second-order valence-electron chi connectivity index (χ2n) is 4.92. The summed E-state index contributed by atoms with van der Waals surface area (Å²) in [5, 5.41) is 0. The maximum atomic E-state index is 12.4. The first-order chi connectivity index (χ1) is 8.81. The number of benzene rings is 1. The molecule has 0 unspecified atom stereocenters. The Morgan fingerprint density at radius 2 is 2.17 bits per heavy atom. The molecule has 94 valence electrons. The van der Waals surface area contributed by atoms with Gasteiger partial charge in [-0.2, -0.15) is 0 Å². The molecule has 0 aliphatic carbocycles. The van der Waals surface area contributed by atoms with Gasteiger partial charge in [-0.25, -0.2) is 0 Å². The Bertz CT molecular complexity index is 457. The lowest BCUT2D eigenvalue weighted by atomic mass is 10.0. The van der Waals surface area contributed by atoms with Gasteiger partial charge in [-0.15, -0.1) is 6.58 Å². The van der Waals surface area contributed by atoms with E-state index in [9.17, 15) is 4.79 Å². The number of hydrogen-bond acceptors (Lipinski definition) is 2. The molecule has 2 aliphatic heterocycles. The van der Waals surface area contributed by atoms with Crippen LogP contribution >= 0.6 is 0 Å². The summed E-state index contributed by atoms with van der Waals surface area (Å²) in [5.74, 6) is 0.269. The highest BCUT2D eigenvalue weighted by Crippen LogP contribution is 2.40. The van der Waals surface area contributed by atoms with Crippen LogP contribution < -0.4 is 0 Å². The van der Waals surface area contributed by atoms with Gasteiger partial charge in [0.2, 0.25) is 5.91 Å². The largest absolute Gasteiger partial charge is 0.356 e.